The minimum Gasteiger partial charge on any atom is -0.324 e. The van der Waals surface area contributed by atoms with Gasteiger partial charge in [-0.1, -0.05) is 104 Å². The molecule has 0 heterocycles. The first-order chi connectivity index (χ1) is 16.7. The first kappa shape index (κ1) is 22.1. The second kappa shape index (κ2) is 9.63. The van der Waals surface area contributed by atoms with E-state index in [1.54, 1.807) is 0 Å². The maximum atomic E-state index is 5.30. The smallest absolute Gasteiger partial charge is 0.324 e. The highest BCUT2D eigenvalue weighted by Gasteiger charge is 2.21. The van der Waals surface area contributed by atoms with E-state index in [2.05, 4.69) is 85.5 Å². The van der Waals surface area contributed by atoms with Crippen LogP contribution in [0, 0.1) is 0 Å². The second-order valence-electron chi connectivity index (χ2n) is 8.28. The first-order valence-electron chi connectivity index (χ1n) is 11.2. The van der Waals surface area contributed by atoms with Crippen molar-refractivity contribution < 1.29 is 9.51 Å². The van der Waals surface area contributed by atoms with Gasteiger partial charge >= 0.3 is 7.12 Å². The highest BCUT2D eigenvalue weighted by molar-refractivity contribution is 6.61. The fourth-order valence-corrected chi connectivity index (χ4v) is 4.67. The maximum absolute atomic E-state index is 5.30. The molecule has 5 rings (SSSR count). The van der Waals surface area contributed by atoms with Gasteiger partial charge in [0.15, 0.2) is 0 Å². The summed E-state index contributed by atoms with van der Waals surface area (Å²) in [6.07, 6.45) is 9.27. The van der Waals surface area contributed by atoms with Gasteiger partial charge in [-0.15, -0.1) is 0 Å². The van der Waals surface area contributed by atoms with Gasteiger partial charge in [-0.25, -0.2) is 11.8 Å². The van der Waals surface area contributed by atoms with E-state index in [-0.39, 0.29) is 0 Å². The molecule has 4 aromatic rings. The number of nitrogens with two attached hydrogens (primary N) is 2. The average Bonchev–Trinajstić information content (AvgIpc) is 2.89. The molecule has 0 aromatic heterocycles. The van der Waals surface area contributed by atoms with Crippen molar-refractivity contribution in [1.82, 2.24) is 0 Å². The third-order valence-electron chi connectivity index (χ3n) is 6.33. The van der Waals surface area contributed by atoms with Crippen molar-refractivity contribution in [3.8, 4) is 22.3 Å². The Kier molecular flexibility index (Phi) is 6.25. The van der Waals surface area contributed by atoms with Crippen LogP contribution in [-0.2, 0) is 15.9 Å². The van der Waals surface area contributed by atoms with Crippen LogP contribution in [0.15, 0.2) is 110 Å². The monoisotopic (exact) mass is 444 g/mol. The highest BCUT2D eigenvalue weighted by atomic mass is 16.7. The minimum atomic E-state index is -0.813. The molecule has 0 amide bonds. The molecule has 4 N–H and O–H groups in total. The molecule has 0 bridgehead atoms. The molecule has 166 valence electrons. The van der Waals surface area contributed by atoms with Crippen LogP contribution in [0.25, 0.3) is 38.6 Å². The molecule has 4 nitrogen and oxygen atoms in total. The Morgan fingerprint density at radius 1 is 0.706 bits per heavy atom. The number of allylic oxidation sites excluding steroid dienone is 5. The highest BCUT2D eigenvalue weighted by Crippen LogP contribution is 2.40. The molecule has 0 radical (unpaired) electrons. The first-order valence-corrected chi connectivity index (χ1v) is 11.2. The SMILES string of the molecule is C=C1/C=C\C=C/Cc2c(cc(-c3ccc(B(ON)ON)cc3)c3ccccc23)-c2ccccc21. The number of hydrogen-bond acceptors (Lipinski definition) is 4. The summed E-state index contributed by atoms with van der Waals surface area (Å²) < 4.78 is 9.61. The summed E-state index contributed by atoms with van der Waals surface area (Å²) >= 11 is 0. The van der Waals surface area contributed by atoms with Crippen LogP contribution in [-0.4, -0.2) is 7.12 Å². The molecule has 0 saturated heterocycles. The lowest BCUT2D eigenvalue weighted by Crippen LogP contribution is -2.41. The third kappa shape index (κ3) is 4.02. The van der Waals surface area contributed by atoms with Crippen LogP contribution in [0.5, 0.6) is 0 Å². The number of benzene rings is 4. The zero-order valence-corrected chi connectivity index (χ0v) is 18.8. The van der Waals surface area contributed by atoms with Gasteiger partial charge in [0.25, 0.3) is 0 Å². The lowest BCUT2D eigenvalue weighted by molar-refractivity contribution is 0.215. The summed E-state index contributed by atoms with van der Waals surface area (Å²) in [4.78, 5) is 0. The minimum absolute atomic E-state index is 0.746. The van der Waals surface area contributed by atoms with Crippen LogP contribution >= 0.6 is 0 Å². The molecule has 4 aromatic carbocycles. The molecular formula is C29H25BN2O2. The van der Waals surface area contributed by atoms with Crippen molar-refractivity contribution >= 4 is 28.9 Å². The van der Waals surface area contributed by atoms with Crippen LogP contribution < -0.4 is 17.3 Å². The van der Waals surface area contributed by atoms with Gasteiger partial charge in [0, 0.05) is 0 Å². The van der Waals surface area contributed by atoms with E-state index in [0.29, 0.717) is 0 Å². The van der Waals surface area contributed by atoms with Gasteiger partial charge in [-0.2, -0.15) is 0 Å². The molecule has 0 aliphatic heterocycles. The Bertz CT molecular complexity index is 1420. The zero-order chi connectivity index (χ0) is 23.5. The molecule has 1 aliphatic rings. The normalized spacial score (nSPS) is 14.8. The molecule has 1 aliphatic carbocycles. The molecular weight excluding hydrogens is 419 g/mol. The predicted octanol–water partition coefficient (Wildman–Crippen LogP) is 5.33. The molecule has 5 heteroatoms. The molecule has 0 atom stereocenters. The van der Waals surface area contributed by atoms with E-state index >= 15 is 0 Å². The van der Waals surface area contributed by atoms with Gasteiger partial charge in [0.2, 0.25) is 0 Å². The maximum Gasteiger partial charge on any atom is 0.527 e. The number of hydrogen-bond donors (Lipinski definition) is 2. The Morgan fingerprint density at radius 3 is 2.12 bits per heavy atom. The van der Waals surface area contributed by atoms with E-state index in [1.165, 1.54) is 27.5 Å². The van der Waals surface area contributed by atoms with Gasteiger partial charge < -0.3 is 9.51 Å². The Morgan fingerprint density at radius 2 is 1.38 bits per heavy atom. The third-order valence-corrected chi connectivity index (χ3v) is 6.33. The molecule has 0 spiro atoms. The molecule has 0 fully saturated rings. The van der Waals surface area contributed by atoms with E-state index in [1.807, 2.05) is 24.3 Å². The summed E-state index contributed by atoms with van der Waals surface area (Å²) in [5, 5.41) is 2.44. The predicted molar refractivity (Wildman–Crippen MR) is 142 cm³/mol. The van der Waals surface area contributed by atoms with Crippen molar-refractivity contribution in [2.24, 2.45) is 11.8 Å². The van der Waals surface area contributed by atoms with Gasteiger partial charge in [0.1, 0.15) is 0 Å². The van der Waals surface area contributed by atoms with Crippen LogP contribution in [0.1, 0.15) is 11.1 Å². The Hall–Kier alpha value is -3.74. The van der Waals surface area contributed by atoms with Crippen molar-refractivity contribution in [3.05, 3.63) is 121 Å². The van der Waals surface area contributed by atoms with Crippen molar-refractivity contribution in [2.75, 3.05) is 0 Å². The van der Waals surface area contributed by atoms with Gasteiger partial charge in [-0.3, -0.25) is 0 Å². The summed E-state index contributed by atoms with van der Waals surface area (Å²) in [7, 11) is -0.813. The van der Waals surface area contributed by atoms with E-state index in [4.69, 9.17) is 21.3 Å². The zero-order valence-electron chi connectivity index (χ0n) is 18.8. The quantitative estimate of drug-likeness (QED) is 0.330. The molecule has 34 heavy (non-hydrogen) atoms. The summed E-state index contributed by atoms with van der Waals surface area (Å²) in [6, 6.07) is 27.3. The largest absolute Gasteiger partial charge is 0.527 e. The molecule has 0 saturated carbocycles. The van der Waals surface area contributed by atoms with Gasteiger partial charge in [0.05, 0.1) is 0 Å². The lowest BCUT2D eigenvalue weighted by atomic mass is 9.78. The van der Waals surface area contributed by atoms with Crippen LogP contribution in [0.2, 0.25) is 0 Å². The van der Waals surface area contributed by atoms with E-state index in [9.17, 15) is 0 Å². The average molecular weight is 444 g/mol. The second-order valence-corrected chi connectivity index (χ2v) is 8.28. The lowest BCUT2D eigenvalue weighted by Gasteiger charge is -2.20. The summed E-state index contributed by atoms with van der Waals surface area (Å²) in [5.41, 5.74) is 8.79. The van der Waals surface area contributed by atoms with Crippen LogP contribution in [0.3, 0.4) is 0 Å². The van der Waals surface area contributed by atoms with E-state index < -0.39 is 7.12 Å². The summed E-state index contributed by atoms with van der Waals surface area (Å²) in [5.74, 6) is 10.6. The fraction of sp³-hybridized carbons (Fsp3) is 0.0345. The fourth-order valence-electron chi connectivity index (χ4n) is 4.67. The molecule has 0 unspecified atom stereocenters. The van der Waals surface area contributed by atoms with Gasteiger partial charge in [-0.05, 0) is 67.7 Å². The number of rotatable bonds is 4. The van der Waals surface area contributed by atoms with E-state index in [0.717, 1.165) is 34.1 Å². The topological polar surface area (TPSA) is 70.5 Å². The Labute approximate surface area is 199 Å². The van der Waals surface area contributed by atoms with Crippen molar-refractivity contribution in [1.29, 1.82) is 0 Å². The number of fused-ring (bicyclic) bond motifs is 5. The van der Waals surface area contributed by atoms with Crippen molar-refractivity contribution in [2.45, 2.75) is 6.42 Å². The standard InChI is InChI=1S/C29H25BN2O2/c1-20-9-3-2-4-11-27-25-13-7-8-14-26(25)28(19-29(27)24-12-6-5-10-23(20)24)21-15-17-22(18-16-21)30(33-31)34-32/h2-10,12-19H,1,11,31-32H2/b4-2-,9-3-. The Balaban J connectivity index is 1.78. The summed E-state index contributed by atoms with van der Waals surface area (Å²) in [6.45, 7) is 4.32. The van der Waals surface area contributed by atoms with Crippen molar-refractivity contribution in [3.63, 3.8) is 0 Å². The van der Waals surface area contributed by atoms with Crippen LogP contribution in [0.4, 0.5) is 0 Å².